The highest BCUT2D eigenvalue weighted by atomic mass is 32.2. The van der Waals surface area contributed by atoms with Gasteiger partial charge in [-0.25, -0.2) is 0 Å². The minimum absolute atomic E-state index is 0.0614. The molecule has 4 rings (SSSR count). The Morgan fingerprint density at radius 1 is 0.923 bits per heavy atom. The number of fused-ring (bicyclic) bond motifs is 2. The van der Waals surface area contributed by atoms with E-state index in [-0.39, 0.29) is 12.1 Å². The van der Waals surface area contributed by atoms with E-state index in [2.05, 4.69) is 11.8 Å². The molecule has 2 aromatic rings. The molecular formula is C31H41F3N2O2S. The minimum atomic E-state index is -4.38. The molecule has 2 aliphatic heterocycles. The number of para-hydroxylation sites is 1. The third kappa shape index (κ3) is 8.65. The second-order valence-electron chi connectivity index (χ2n) is 10.7. The van der Waals surface area contributed by atoms with E-state index in [9.17, 15) is 18.0 Å². The lowest BCUT2D eigenvalue weighted by Gasteiger charge is -2.33. The molecule has 0 spiro atoms. The molecule has 8 heteroatoms. The molecule has 214 valence electrons. The topological polar surface area (TPSA) is 32.8 Å². The lowest BCUT2D eigenvalue weighted by Crippen LogP contribution is -2.29. The SMILES string of the molecule is CCCCCCCCCCC(=O)OC1CCN(CCCN2c3ccccc3Sc3ccc(C(F)(F)F)cc32)C1. The predicted octanol–water partition coefficient (Wildman–Crippen LogP) is 8.85. The van der Waals surface area contributed by atoms with Crippen LogP contribution in [0.2, 0.25) is 0 Å². The normalized spacial score (nSPS) is 17.2. The van der Waals surface area contributed by atoms with Gasteiger partial charge in [-0.1, -0.05) is 75.8 Å². The molecule has 4 nitrogen and oxygen atoms in total. The van der Waals surface area contributed by atoms with Gasteiger partial charge in [0.25, 0.3) is 0 Å². The Balaban J connectivity index is 1.22. The second-order valence-corrected chi connectivity index (χ2v) is 11.8. The van der Waals surface area contributed by atoms with Gasteiger partial charge < -0.3 is 9.64 Å². The van der Waals surface area contributed by atoms with Gasteiger partial charge in [0.1, 0.15) is 6.10 Å². The van der Waals surface area contributed by atoms with Crippen molar-refractivity contribution in [2.24, 2.45) is 0 Å². The van der Waals surface area contributed by atoms with Gasteiger partial charge in [-0.05, 0) is 56.1 Å². The highest BCUT2D eigenvalue weighted by Crippen LogP contribution is 2.49. The van der Waals surface area contributed by atoms with Crippen LogP contribution < -0.4 is 4.90 Å². The third-order valence-electron chi connectivity index (χ3n) is 7.57. The Morgan fingerprint density at radius 3 is 2.41 bits per heavy atom. The molecule has 1 fully saturated rings. The average molecular weight is 563 g/mol. The van der Waals surface area contributed by atoms with Gasteiger partial charge in [0.2, 0.25) is 0 Å². The summed E-state index contributed by atoms with van der Waals surface area (Å²) in [5.41, 5.74) is 0.939. The quantitative estimate of drug-likeness (QED) is 0.170. The van der Waals surface area contributed by atoms with Crippen LogP contribution in [0.25, 0.3) is 0 Å². The molecule has 0 amide bonds. The largest absolute Gasteiger partial charge is 0.461 e. The fourth-order valence-electron chi connectivity index (χ4n) is 5.44. The number of benzene rings is 2. The molecule has 0 N–H and O–H groups in total. The first-order valence-corrected chi connectivity index (χ1v) is 15.3. The molecule has 0 aromatic heterocycles. The minimum Gasteiger partial charge on any atom is -0.461 e. The molecule has 0 radical (unpaired) electrons. The number of unbranched alkanes of at least 4 members (excludes halogenated alkanes) is 7. The molecule has 1 atom stereocenters. The maximum absolute atomic E-state index is 13.5. The van der Waals surface area contributed by atoms with Crippen LogP contribution in [-0.2, 0) is 15.7 Å². The molecule has 1 saturated heterocycles. The number of ether oxygens (including phenoxy) is 1. The van der Waals surface area contributed by atoms with Crippen molar-refractivity contribution in [1.29, 1.82) is 0 Å². The van der Waals surface area contributed by atoms with Crippen LogP contribution in [0.4, 0.5) is 24.5 Å². The van der Waals surface area contributed by atoms with Gasteiger partial charge in [-0.15, -0.1) is 0 Å². The van der Waals surface area contributed by atoms with E-state index in [1.54, 1.807) is 6.07 Å². The van der Waals surface area contributed by atoms with E-state index in [0.717, 1.165) is 66.9 Å². The van der Waals surface area contributed by atoms with Gasteiger partial charge in [0, 0.05) is 35.8 Å². The van der Waals surface area contributed by atoms with Crippen LogP contribution in [0.1, 0.15) is 83.1 Å². The second kappa shape index (κ2) is 14.4. The Morgan fingerprint density at radius 2 is 1.64 bits per heavy atom. The molecule has 2 aromatic carbocycles. The molecule has 0 saturated carbocycles. The van der Waals surface area contributed by atoms with Gasteiger partial charge in [-0.3, -0.25) is 9.69 Å². The fourth-order valence-corrected chi connectivity index (χ4v) is 6.52. The van der Waals surface area contributed by atoms with Crippen LogP contribution in [0.5, 0.6) is 0 Å². The molecular weight excluding hydrogens is 521 g/mol. The number of carbonyl (C=O) groups is 1. The van der Waals surface area contributed by atoms with Gasteiger partial charge in [0.15, 0.2) is 0 Å². The summed E-state index contributed by atoms with van der Waals surface area (Å²) in [7, 11) is 0. The first-order valence-electron chi connectivity index (χ1n) is 14.5. The Kier molecular flexibility index (Phi) is 11.0. The summed E-state index contributed by atoms with van der Waals surface area (Å²) in [5.74, 6) is -0.0904. The number of carbonyl (C=O) groups excluding carboxylic acids is 1. The smallest absolute Gasteiger partial charge is 0.416 e. The zero-order valence-corrected chi connectivity index (χ0v) is 23.8. The van der Waals surface area contributed by atoms with Crippen LogP contribution in [-0.4, -0.2) is 43.2 Å². The lowest BCUT2D eigenvalue weighted by atomic mass is 10.1. The summed E-state index contributed by atoms with van der Waals surface area (Å²) >= 11 is 1.51. The number of likely N-dealkylation sites (tertiary alicyclic amines) is 1. The zero-order valence-electron chi connectivity index (χ0n) is 23.0. The highest BCUT2D eigenvalue weighted by molar-refractivity contribution is 7.99. The number of hydrogen-bond donors (Lipinski definition) is 0. The fraction of sp³-hybridized carbons (Fsp3) is 0.581. The van der Waals surface area contributed by atoms with Crippen LogP contribution in [0.3, 0.4) is 0 Å². The zero-order chi connectivity index (χ0) is 27.7. The van der Waals surface area contributed by atoms with Gasteiger partial charge in [0.05, 0.1) is 16.9 Å². The summed E-state index contributed by atoms with van der Waals surface area (Å²) in [4.78, 5) is 18.5. The van der Waals surface area contributed by atoms with E-state index >= 15 is 0 Å². The summed E-state index contributed by atoms with van der Waals surface area (Å²) in [6, 6.07) is 11.9. The summed E-state index contributed by atoms with van der Waals surface area (Å²) in [6.07, 6.45) is 7.31. The Hall–Kier alpha value is -2.19. The van der Waals surface area contributed by atoms with Crippen molar-refractivity contribution >= 4 is 29.1 Å². The lowest BCUT2D eigenvalue weighted by molar-refractivity contribution is -0.148. The Bertz CT molecular complexity index is 1080. The summed E-state index contributed by atoms with van der Waals surface area (Å²) in [6.45, 7) is 5.25. The molecule has 2 aliphatic rings. The highest BCUT2D eigenvalue weighted by Gasteiger charge is 2.33. The van der Waals surface area contributed by atoms with Gasteiger partial charge in [-0.2, -0.15) is 13.2 Å². The molecule has 0 bridgehead atoms. The third-order valence-corrected chi connectivity index (χ3v) is 8.70. The van der Waals surface area contributed by atoms with Crippen molar-refractivity contribution in [3.05, 3.63) is 48.0 Å². The monoisotopic (exact) mass is 562 g/mol. The summed E-state index contributed by atoms with van der Waals surface area (Å²) < 4.78 is 46.1. The average Bonchev–Trinajstić information content (AvgIpc) is 3.35. The predicted molar refractivity (Wildman–Crippen MR) is 152 cm³/mol. The number of rotatable bonds is 14. The van der Waals surface area contributed by atoms with E-state index in [1.165, 1.54) is 56.4 Å². The van der Waals surface area contributed by atoms with Crippen LogP contribution in [0.15, 0.2) is 52.3 Å². The molecule has 1 unspecified atom stereocenters. The van der Waals surface area contributed by atoms with E-state index in [1.807, 2.05) is 29.2 Å². The standard InChI is InChI=1S/C31H41F3N2O2S/c1-2-3-4-5-6-7-8-9-15-30(37)38-25-18-21-35(23-25)19-12-20-36-26-13-10-11-14-28(26)39-29-17-16-24(22-27(29)36)31(32,33)34/h10-11,13-14,16-17,22,25H,2-9,12,15,18-21,23H2,1H3. The summed E-state index contributed by atoms with van der Waals surface area (Å²) in [5, 5.41) is 0. The maximum Gasteiger partial charge on any atom is 0.416 e. The van der Waals surface area contributed by atoms with Crippen LogP contribution >= 0.6 is 11.8 Å². The first kappa shape index (κ1) is 29.8. The number of halogens is 3. The van der Waals surface area contributed by atoms with E-state index in [0.29, 0.717) is 18.7 Å². The number of nitrogens with zero attached hydrogens (tertiary/aromatic N) is 2. The first-order chi connectivity index (χ1) is 18.8. The Labute approximate surface area is 235 Å². The van der Waals surface area contributed by atoms with Crippen molar-refractivity contribution < 1.29 is 22.7 Å². The van der Waals surface area contributed by atoms with Crippen molar-refractivity contribution in [3.8, 4) is 0 Å². The number of esters is 1. The van der Waals surface area contributed by atoms with E-state index in [4.69, 9.17) is 4.74 Å². The number of anilines is 2. The van der Waals surface area contributed by atoms with Crippen molar-refractivity contribution in [1.82, 2.24) is 4.90 Å². The van der Waals surface area contributed by atoms with Crippen LogP contribution in [0, 0.1) is 0 Å². The van der Waals surface area contributed by atoms with Gasteiger partial charge >= 0.3 is 12.1 Å². The van der Waals surface area contributed by atoms with Crippen molar-refractivity contribution in [2.45, 2.75) is 99.6 Å². The molecule has 39 heavy (non-hydrogen) atoms. The number of alkyl halides is 3. The molecule has 0 aliphatic carbocycles. The van der Waals surface area contributed by atoms with Crippen molar-refractivity contribution in [2.75, 3.05) is 31.1 Å². The maximum atomic E-state index is 13.5. The van der Waals surface area contributed by atoms with E-state index < -0.39 is 11.7 Å². The molecule has 2 heterocycles. The number of hydrogen-bond acceptors (Lipinski definition) is 5. The van der Waals surface area contributed by atoms with Crippen molar-refractivity contribution in [3.63, 3.8) is 0 Å².